The molecule has 4 aliphatic rings. The molecule has 1 atom stereocenters. The van der Waals surface area contributed by atoms with Crippen LogP contribution >= 0.6 is 0 Å². The van der Waals surface area contributed by atoms with E-state index in [1.807, 2.05) is 0 Å². The number of rotatable bonds is 4. The zero-order valence-electron chi connectivity index (χ0n) is 23.4. The molecular formula is C39H26BN3. The quantitative estimate of drug-likeness (QED) is 0.273. The second-order valence-electron chi connectivity index (χ2n) is 11.8. The topological polar surface area (TPSA) is 12.9 Å². The average molecular weight is 547 g/mol. The van der Waals surface area contributed by atoms with Gasteiger partial charge >= 0.3 is 6.55 Å². The van der Waals surface area contributed by atoms with Gasteiger partial charge in [-0.15, -0.1) is 0 Å². The van der Waals surface area contributed by atoms with Crippen LogP contribution in [-0.2, 0) is 0 Å². The maximum absolute atomic E-state index is 2.68. The number of hydrogen-bond acceptors (Lipinski definition) is 0. The summed E-state index contributed by atoms with van der Waals surface area (Å²) in [5.41, 5.74) is 13.8. The van der Waals surface area contributed by atoms with E-state index in [9.17, 15) is 0 Å². The third-order valence-corrected chi connectivity index (χ3v) is 9.81. The SMILES string of the molecule is C1=CC2=[N+]3C1=C(c1ccccc1)c1ccc4n1[B-]3(c1ccccc1)n1c(ccc1=C4c1ccccc1)=C2c1ccccc1. The third-order valence-electron chi connectivity index (χ3n) is 9.81. The van der Waals surface area contributed by atoms with E-state index in [1.54, 1.807) is 0 Å². The van der Waals surface area contributed by atoms with Crippen LogP contribution in [0.1, 0.15) is 28.1 Å². The van der Waals surface area contributed by atoms with E-state index in [2.05, 4.69) is 171 Å². The van der Waals surface area contributed by atoms with Crippen LogP contribution in [0.15, 0.2) is 163 Å². The molecule has 0 amide bonds. The van der Waals surface area contributed by atoms with Crippen molar-refractivity contribution in [3.8, 4) is 0 Å². The number of nitrogens with zero attached hydrogens (tertiary/aromatic N) is 3. The first-order valence-electron chi connectivity index (χ1n) is 15.0. The summed E-state index contributed by atoms with van der Waals surface area (Å²) in [6.07, 6.45) is 4.71. The lowest BCUT2D eigenvalue weighted by Gasteiger charge is -2.50. The molecule has 0 bridgehead atoms. The molecule has 2 aromatic heterocycles. The van der Waals surface area contributed by atoms with Gasteiger partial charge in [-0.05, 0) is 41.0 Å². The molecule has 0 saturated heterocycles. The highest BCUT2D eigenvalue weighted by atomic mass is 15.3. The Morgan fingerprint density at radius 1 is 0.419 bits per heavy atom. The summed E-state index contributed by atoms with van der Waals surface area (Å²) in [5.74, 6) is 0. The van der Waals surface area contributed by atoms with E-state index in [4.69, 9.17) is 0 Å². The average Bonchev–Trinajstić information content (AvgIpc) is 3.83. The Bertz CT molecular complexity index is 2360. The van der Waals surface area contributed by atoms with Gasteiger partial charge in [0.2, 0.25) is 0 Å². The fourth-order valence-corrected chi connectivity index (χ4v) is 8.33. The maximum atomic E-state index is 2.68. The fraction of sp³-hybridized carbons (Fsp3) is 0. The van der Waals surface area contributed by atoms with Gasteiger partial charge in [-0.25, -0.2) is 0 Å². The molecule has 0 fully saturated rings. The Balaban J connectivity index is 1.50. The van der Waals surface area contributed by atoms with Gasteiger partial charge in [-0.3, -0.25) is 0 Å². The van der Waals surface area contributed by atoms with Gasteiger partial charge in [0.15, 0.2) is 11.4 Å². The molecule has 10 rings (SSSR count). The van der Waals surface area contributed by atoms with Crippen LogP contribution in [0.4, 0.5) is 0 Å². The van der Waals surface area contributed by atoms with E-state index < -0.39 is 6.55 Å². The fourth-order valence-electron chi connectivity index (χ4n) is 8.33. The summed E-state index contributed by atoms with van der Waals surface area (Å²) in [7, 11) is 0. The predicted molar refractivity (Wildman–Crippen MR) is 175 cm³/mol. The summed E-state index contributed by atoms with van der Waals surface area (Å²) in [6, 6.07) is 53.3. The molecule has 4 aliphatic heterocycles. The molecule has 0 N–H and O–H groups in total. The van der Waals surface area contributed by atoms with E-state index in [0.29, 0.717) is 0 Å². The van der Waals surface area contributed by atoms with Crippen molar-refractivity contribution in [2.45, 2.75) is 0 Å². The van der Waals surface area contributed by atoms with Crippen molar-refractivity contribution in [3.05, 3.63) is 202 Å². The van der Waals surface area contributed by atoms with Crippen LogP contribution in [0, 0.1) is 0 Å². The largest absolute Gasteiger partial charge is 0.514 e. The summed E-state index contributed by atoms with van der Waals surface area (Å²) in [6.45, 7) is -1.66. The van der Waals surface area contributed by atoms with Crippen LogP contribution < -0.4 is 16.2 Å². The smallest absolute Gasteiger partial charge is 0.429 e. The highest BCUT2D eigenvalue weighted by molar-refractivity contribution is 6.84. The summed E-state index contributed by atoms with van der Waals surface area (Å²) >= 11 is 0. The van der Waals surface area contributed by atoms with E-state index >= 15 is 0 Å². The molecule has 0 spiro atoms. The van der Waals surface area contributed by atoms with E-state index in [0.717, 1.165) is 0 Å². The minimum absolute atomic E-state index is 1.23. The molecule has 200 valence electrons. The van der Waals surface area contributed by atoms with Crippen molar-refractivity contribution in [2.75, 3.05) is 0 Å². The number of hydrogen-bond donors (Lipinski definition) is 0. The molecule has 6 aromatic rings. The van der Waals surface area contributed by atoms with Gasteiger partial charge in [0.1, 0.15) is 0 Å². The maximum Gasteiger partial charge on any atom is 0.514 e. The van der Waals surface area contributed by atoms with Gasteiger partial charge in [-0.1, -0.05) is 127 Å². The van der Waals surface area contributed by atoms with E-state index in [1.165, 1.54) is 72.4 Å². The molecule has 0 radical (unpaired) electrons. The molecule has 3 nitrogen and oxygen atoms in total. The number of allylic oxidation sites excluding steroid dienone is 2. The van der Waals surface area contributed by atoms with Gasteiger partial charge < -0.3 is 13.4 Å². The second-order valence-corrected chi connectivity index (χ2v) is 11.8. The summed E-state index contributed by atoms with van der Waals surface area (Å²) < 4.78 is 8.03. The Kier molecular flexibility index (Phi) is 4.41. The first kappa shape index (κ1) is 23.0. The first-order valence-corrected chi connectivity index (χ1v) is 15.0. The zero-order valence-corrected chi connectivity index (χ0v) is 23.4. The first-order chi connectivity index (χ1) is 21.4. The predicted octanol–water partition coefficient (Wildman–Crippen LogP) is 5.10. The van der Waals surface area contributed by atoms with Gasteiger partial charge in [0.25, 0.3) is 0 Å². The van der Waals surface area contributed by atoms with Crippen LogP contribution in [0.2, 0.25) is 0 Å². The third kappa shape index (κ3) is 2.74. The second kappa shape index (κ2) is 8.24. The van der Waals surface area contributed by atoms with Crippen LogP contribution in [0.25, 0.3) is 16.7 Å². The lowest BCUT2D eigenvalue weighted by atomic mass is 9.48. The van der Waals surface area contributed by atoms with E-state index in [-0.39, 0.29) is 0 Å². The minimum atomic E-state index is -1.66. The van der Waals surface area contributed by atoms with Crippen molar-refractivity contribution in [1.82, 2.24) is 8.96 Å². The Hall–Kier alpha value is -5.61. The number of aromatic nitrogens is 2. The lowest BCUT2D eigenvalue weighted by molar-refractivity contribution is -0.335. The van der Waals surface area contributed by atoms with Crippen molar-refractivity contribution in [1.29, 1.82) is 0 Å². The molecule has 6 heterocycles. The summed E-state index contributed by atoms with van der Waals surface area (Å²) in [4.78, 5) is 0. The van der Waals surface area contributed by atoms with Crippen LogP contribution in [0.5, 0.6) is 0 Å². The normalized spacial score (nSPS) is 18.9. The molecule has 0 aliphatic carbocycles. The highest BCUT2D eigenvalue weighted by Gasteiger charge is 2.58. The molecule has 4 heteroatoms. The van der Waals surface area contributed by atoms with Crippen molar-refractivity contribution >= 4 is 34.4 Å². The molecule has 0 saturated carbocycles. The van der Waals surface area contributed by atoms with Crippen molar-refractivity contribution in [2.24, 2.45) is 0 Å². The van der Waals surface area contributed by atoms with Gasteiger partial charge in [0, 0.05) is 39.8 Å². The minimum Gasteiger partial charge on any atom is -0.429 e. The monoisotopic (exact) mass is 547 g/mol. The zero-order chi connectivity index (χ0) is 28.1. The molecule has 1 unspecified atom stereocenters. The molecule has 43 heavy (non-hydrogen) atoms. The number of benzene rings is 4. The Morgan fingerprint density at radius 3 is 1.51 bits per heavy atom. The Morgan fingerprint density at radius 2 is 0.907 bits per heavy atom. The van der Waals surface area contributed by atoms with Crippen LogP contribution in [-0.4, -0.2) is 25.7 Å². The highest BCUT2D eigenvalue weighted by Crippen LogP contribution is 2.44. The molecular weight excluding hydrogens is 521 g/mol. The van der Waals surface area contributed by atoms with Gasteiger partial charge in [-0.2, -0.15) is 0 Å². The van der Waals surface area contributed by atoms with Crippen LogP contribution in [0.3, 0.4) is 0 Å². The summed E-state index contributed by atoms with van der Waals surface area (Å²) in [5, 5.41) is 2.51. The molecule has 4 aromatic carbocycles. The van der Waals surface area contributed by atoms with Crippen molar-refractivity contribution < 1.29 is 4.49 Å². The Labute approximate surface area is 249 Å². The standard InChI is InChI=1S/C39H26BN3/c1-5-13-27(14-6-1)37-31-21-23-33-38(28-15-7-2-8-16-28)35-25-26-36-39(29-17-9-3-10-18-29)34-24-22-32(37)42(34)40(41(31)33,43(35)36)30-19-11-4-12-20-30/h1-26H. The van der Waals surface area contributed by atoms with Gasteiger partial charge in [0.05, 0.1) is 11.1 Å². The lowest BCUT2D eigenvalue weighted by Crippen LogP contribution is -2.78. The van der Waals surface area contributed by atoms with Crippen molar-refractivity contribution in [3.63, 3.8) is 0 Å².